The number of nitrogens with two attached hydrogens (primary N) is 1. The van der Waals surface area contributed by atoms with Crippen molar-refractivity contribution in [3.8, 4) is 0 Å². The summed E-state index contributed by atoms with van der Waals surface area (Å²) >= 11 is 0. The van der Waals surface area contributed by atoms with Gasteiger partial charge >= 0.3 is 0 Å². The zero-order chi connectivity index (χ0) is 20.0. The predicted molar refractivity (Wildman–Crippen MR) is 103 cm³/mol. The Morgan fingerprint density at radius 3 is 2.50 bits per heavy atom. The summed E-state index contributed by atoms with van der Waals surface area (Å²) in [7, 11) is 1.57. The van der Waals surface area contributed by atoms with E-state index in [1.807, 2.05) is 30.3 Å². The summed E-state index contributed by atoms with van der Waals surface area (Å²) in [5.74, 6) is -0.680. The lowest BCUT2D eigenvalue weighted by Crippen LogP contribution is -2.57. The Morgan fingerprint density at radius 1 is 1.21 bits per heavy atom. The van der Waals surface area contributed by atoms with Crippen molar-refractivity contribution in [2.45, 2.75) is 56.7 Å². The molecule has 1 aliphatic rings. The molecule has 1 fully saturated rings. The minimum absolute atomic E-state index is 0.00451. The minimum Gasteiger partial charge on any atom is -0.451 e. The van der Waals surface area contributed by atoms with Crippen LogP contribution >= 0.6 is 0 Å². The maximum atomic E-state index is 13.4. The first-order chi connectivity index (χ1) is 13.6. The van der Waals surface area contributed by atoms with Crippen LogP contribution in [0.2, 0.25) is 0 Å². The Morgan fingerprint density at radius 2 is 1.93 bits per heavy atom. The Bertz CT molecular complexity index is 772. The number of nitrogens with zero attached hydrogens (tertiary/aromatic N) is 2. The van der Waals surface area contributed by atoms with Crippen LogP contribution in [0.4, 0.5) is 0 Å². The molecule has 1 unspecified atom stereocenters. The molecule has 7 nitrogen and oxygen atoms in total. The standard InChI is InChI=1S/C21H27N3O4/c1-27-21(18-14-28-15-23-18,16-8-4-2-5-9-16)24(17-10-6-3-7-11-17)20(26)13-12-19(22)25/h2,4-5,8-9,14-15,17H,3,6-7,10-13H2,1H3,(H2,22,25). The molecule has 2 aromatic rings. The molecule has 1 aromatic heterocycles. The van der Waals surface area contributed by atoms with Crippen molar-refractivity contribution in [2.24, 2.45) is 5.73 Å². The number of aromatic nitrogens is 1. The van der Waals surface area contributed by atoms with Gasteiger partial charge in [-0.25, -0.2) is 4.98 Å². The van der Waals surface area contributed by atoms with E-state index in [0.29, 0.717) is 5.69 Å². The first-order valence-electron chi connectivity index (χ1n) is 9.69. The molecule has 28 heavy (non-hydrogen) atoms. The quantitative estimate of drug-likeness (QED) is 0.705. The predicted octanol–water partition coefficient (Wildman–Crippen LogP) is 2.95. The van der Waals surface area contributed by atoms with Gasteiger partial charge in [0.15, 0.2) is 6.39 Å². The Kier molecular flexibility index (Phi) is 6.46. The normalized spacial score (nSPS) is 17.0. The molecule has 1 aliphatic carbocycles. The van der Waals surface area contributed by atoms with E-state index in [1.165, 1.54) is 12.7 Å². The van der Waals surface area contributed by atoms with Gasteiger partial charge in [-0.05, 0) is 12.8 Å². The number of benzene rings is 1. The third-order valence-corrected chi connectivity index (χ3v) is 5.37. The van der Waals surface area contributed by atoms with Crippen LogP contribution in [-0.4, -0.2) is 34.8 Å². The second kappa shape index (κ2) is 9.01. The smallest absolute Gasteiger partial charge is 0.226 e. The number of hydrogen-bond donors (Lipinski definition) is 1. The lowest BCUT2D eigenvalue weighted by atomic mass is 9.88. The van der Waals surface area contributed by atoms with E-state index in [4.69, 9.17) is 14.9 Å². The van der Waals surface area contributed by atoms with Gasteiger partial charge in [-0.2, -0.15) is 0 Å². The summed E-state index contributed by atoms with van der Waals surface area (Å²) in [4.78, 5) is 30.8. The fraction of sp³-hybridized carbons (Fsp3) is 0.476. The molecule has 7 heteroatoms. The van der Waals surface area contributed by atoms with Gasteiger partial charge in [0.05, 0.1) is 0 Å². The van der Waals surface area contributed by atoms with Crippen LogP contribution in [0.3, 0.4) is 0 Å². The van der Waals surface area contributed by atoms with Crippen molar-refractivity contribution in [3.05, 3.63) is 54.2 Å². The van der Waals surface area contributed by atoms with Gasteiger partial charge < -0.3 is 19.8 Å². The largest absolute Gasteiger partial charge is 0.451 e. The van der Waals surface area contributed by atoms with Gasteiger partial charge in [0.25, 0.3) is 0 Å². The molecule has 3 rings (SSSR count). The number of amides is 2. The van der Waals surface area contributed by atoms with Gasteiger partial charge in [0.1, 0.15) is 12.0 Å². The number of carbonyl (C=O) groups is 2. The number of methoxy groups -OCH3 is 1. The van der Waals surface area contributed by atoms with Crippen molar-refractivity contribution >= 4 is 11.8 Å². The van der Waals surface area contributed by atoms with Gasteiger partial charge in [0.2, 0.25) is 17.5 Å². The number of hydrogen-bond acceptors (Lipinski definition) is 5. The average molecular weight is 385 g/mol. The number of primary amides is 1. The van der Waals surface area contributed by atoms with Crippen LogP contribution in [-0.2, 0) is 20.1 Å². The highest BCUT2D eigenvalue weighted by molar-refractivity contribution is 5.84. The van der Waals surface area contributed by atoms with E-state index in [0.717, 1.165) is 37.7 Å². The molecule has 1 aromatic carbocycles. The van der Waals surface area contributed by atoms with Crippen LogP contribution in [0.5, 0.6) is 0 Å². The van der Waals surface area contributed by atoms with E-state index < -0.39 is 11.6 Å². The van der Waals surface area contributed by atoms with E-state index >= 15 is 0 Å². The molecule has 150 valence electrons. The first kappa shape index (κ1) is 20.1. The molecular formula is C21H27N3O4. The van der Waals surface area contributed by atoms with Crippen LogP contribution in [0, 0.1) is 0 Å². The van der Waals surface area contributed by atoms with E-state index in [1.54, 1.807) is 12.0 Å². The molecule has 1 saturated carbocycles. The molecule has 2 N–H and O–H groups in total. The minimum atomic E-state index is -1.23. The number of oxazole rings is 1. The SMILES string of the molecule is COC(c1ccccc1)(c1cocn1)N(C(=O)CCC(N)=O)C1CCCCC1. The third kappa shape index (κ3) is 3.94. The van der Waals surface area contributed by atoms with Crippen molar-refractivity contribution < 1.29 is 18.7 Å². The maximum absolute atomic E-state index is 13.4. The van der Waals surface area contributed by atoms with Gasteiger partial charge in [-0.3, -0.25) is 9.59 Å². The van der Waals surface area contributed by atoms with Gasteiger partial charge in [-0.15, -0.1) is 0 Å². The fourth-order valence-corrected chi connectivity index (χ4v) is 4.10. The summed E-state index contributed by atoms with van der Waals surface area (Å²) in [6.07, 6.45) is 7.84. The zero-order valence-corrected chi connectivity index (χ0v) is 16.2. The molecule has 0 aliphatic heterocycles. The monoisotopic (exact) mass is 385 g/mol. The summed E-state index contributed by atoms with van der Waals surface area (Å²) in [6, 6.07) is 9.51. The van der Waals surface area contributed by atoms with Crippen molar-refractivity contribution in [1.82, 2.24) is 9.88 Å². The van der Waals surface area contributed by atoms with Crippen LogP contribution in [0.25, 0.3) is 0 Å². The van der Waals surface area contributed by atoms with E-state index in [2.05, 4.69) is 4.98 Å². The molecule has 0 spiro atoms. The molecule has 1 atom stereocenters. The number of rotatable bonds is 8. The number of ether oxygens (including phenoxy) is 1. The third-order valence-electron chi connectivity index (χ3n) is 5.37. The van der Waals surface area contributed by atoms with Crippen molar-refractivity contribution in [1.29, 1.82) is 0 Å². The molecule has 1 heterocycles. The van der Waals surface area contributed by atoms with Gasteiger partial charge in [0, 0.05) is 31.6 Å². The summed E-state index contributed by atoms with van der Waals surface area (Å²) in [6.45, 7) is 0. The molecule has 2 amide bonds. The Hall–Kier alpha value is -2.67. The Balaban J connectivity index is 2.12. The highest BCUT2D eigenvalue weighted by Gasteiger charge is 2.48. The summed E-state index contributed by atoms with van der Waals surface area (Å²) in [5, 5.41) is 0. The second-order valence-electron chi connectivity index (χ2n) is 7.11. The van der Waals surface area contributed by atoms with E-state index in [9.17, 15) is 9.59 Å². The topological polar surface area (TPSA) is 98.7 Å². The first-order valence-corrected chi connectivity index (χ1v) is 9.69. The van der Waals surface area contributed by atoms with Crippen LogP contribution in [0.15, 0.2) is 47.4 Å². The average Bonchev–Trinajstić information content (AvgIpc) is 3.26. The highest BCUT2D eigenvalue weighted by Crippen LogP contribution is 2.41. The lowest BCUT2D eigenvalue weighted by Gasteiger charge is -2.47. The van der Waals surface area contributed by atoms with Gasteiger partial charge in [-0.1, -0.05) is 49.6 Å². The summed E-state index contributed by atoms with van der Waals surface area (Å²) in [5.41, 5.74) is 5.35. The highest BCUT2D eigenvalue weighted by atomic mass is 16.5. The van der Waals surface area contributed by atoms with Crippen molar-refractivity contribution in [3.63, 3.8) is 0 Å². The molecule has 0 radical (unpaired) electrons. The Labute approximate surface area is 164 Å². The van der Waals surface area contributed by atoms with Crippen molar-refractivity contribution in [2.75, 3.05) is 7.11 Å². The lowest BCUT2D eigenvalue weighted by molar-refractivity contribution is -0.172. The summed E-state index contributed by atoms with van der Waals surface area (Å²) < 4.78 is 11.3. The molecular weight excluding hydrogens is 358 g/mol. The second-order valence-corrected chi connectivity index (χ2v) is 7.11. The molecule has 0 saturated heterocycles. The number of carbonyl (C=O) groups excluding carboxylic acids is 2. The fourth-order valence-electron chi connectivity index (χ4n) is 4.10. The van der Waals surface area contributed by atoms with E-state index in [-0.39, 0.29) is 24.8 Å². The van der Waals surface area contributed by atoms with Crippen LogP contribution < -0.4 is 5.73 Å². The van der Waals surface area contributed by atoms with Crippen LogP contribution in [0.1, 0.15) is 56.2 Å². The molecule has 0 bridgehead atoms. The maximum Gasteiger partial charge on any atom is 0.226 e. The zero-order valence-electron chi connectivity index (χ0n) is 16.2.